The third-order valence-corrected chi connectivity index (χ3v) is 5.26. The summed E-state index contributed by atoms with van der Waals surface area (Å²) in [7, 11) is 0. The van der Waals surface area contributed by atoms with Gasteiger partial charge in [-0.05, 0) is 37.0 Å². The molecule has 136 valence electrons. The van der Waals surface area contributed by atoms with Crippen molar-refractivity contribution in [2.24, 2.45) is 0 Å². The van der Waals surface area contributed by atoms with E-state index in [2.05, 4.69) is 10.2 Å². The van der Waals surface area contributed by atoms with Crippen LogP contribution >= 0.6 is 0 Å². The highest BCUT2D eigenvalue weighted by atomic mass is 16.3. The molecule has 25 heavy (non-hydrogen) atoms. The second-order valence-electron chi connectivity index (χ2n) is 7.00. The minimum absolute atomic E-state index is 0.0534. The van der Waals surface area contributed by atoms with E-state index < -0.39 is 0 Å². The monoisotopic (exact) mass is 345 g/mol. The van der Waals surface area contributed by atoms with E-state index in [9.17, 15) is 14.7 Å². The van der Waals surface area contributed by atoms with Gasteiger partial charge in [-0.25, -0.2) is 0 Å². The highest BCUT2D eigenvalue weighted by Crippen LogP contribution is 2.25. The summed E-state index contributed by atoms with van der Waals surface area (Å²) in [6.07, 6.45) is 2.84. The fourth-order valence-corrected chi connectivity index (χ4v) is 3.78. The zero-order chi connectivity index (χ0) is 17.8. The topological polar surface area (TPSA) is 72.9 Å². The second kappa shape index (κ2) is 7.97. The molecule has 0 bridgehead atoms. The van der Waals surface area contributed by atoms with E-state index in [1.165, 1.54) is 6.92 Å². The van der Waals surface area contributed by atoms with Gasteiger partial charge in [-0.2, -0.15) is 0 Å². The smallest absolute Gasteiger partial charge is 0.253 e. The molecule has 1 aliphatic heterocycles. The molecule has 1 heterocycles. The lowest BCUT2D eigenvalue weighted by Gasteiger charge is -2.39. The Labute approximate surface area is 148 Å². The van der Waals surface area contributed by atoms with Crippen LogP contribution in [-0.2, 0) is 11.3 Å². The first-order valence-electron chi connectivity index (χ1n) is 9.09. The number of carbonyl (C=O) groups excluding carboxylic acids is 2. The van der Waals surface area contributed by atoms with E-state index in [-0.39, 0.29) is 24.0 Å². The second-order valence-corrected chi connectivity index (χ2v) is 7.00. The normalized spacial score (nSPS) is 24.3. The molecular formula is C19H27N3O3. The van der Waals surface area contributed by atoms with Crippen molar-refractivity contribution in [1.82, 2.24) is 15.1 Å². The predicted octanol–water partition coefficient (Wildman–Crippen LogP) is 0.994. The summed E-state index contributed by atoms with van der Waals surface area (Å²) >= 11 is 0. The molecule has 1 aliphatic carbocycles. The van der Waals surface area contributed by atoms with E-state index in [0.29, 0.717) is 25.2 Å². The zero-order valence-electron chi connectivity index (χ0n) is 14.8. The molecule has 1 saturated carbocycles. The molecule has 2 fully saturated rings. The molecule has 1 aromatic carbocycles. The summed E-state index contributed by atoms with van der Waals surface area (Å²) in [6, 6.07) is 7.69. The van der Waals surface area contributed by atoms with Gasteiger partial charge in [0.25, 0.3) is 5.91 Å². The molecule has 1 aromatic rings. The van der Waals surface area contributed by atoms with Crippen LogP contribution in [0.4, 0.5) is 0 Å². The lowest BCUT2D eigenvalue weighted by Crippen LogP contribution is -2.53. The van der Waals surface area contributed by atoms with Crippen molar-refractivity contribution in [3.63, 3.8) is 0 Å². The highest BCUT2D eigenvalue weighted by molar-refractivity contribution is 5.94. The summed E-state index contributed by atoms with van der Waals surface area (Å²) < 4.78 is 0. The van der Waals surface area contributed by atoms with E-state index >= 15 is 0 Å². The molecule has 3 rings (SSSR count). The Kier molecular flexibility index (Phi) is 5.71. The van der Waals surface area contributed by atoms with Crippen LogP contribution in [0.15, 0.2) is 24.3 Å². The molecule has 1 saturated heterocycles. The number of nitrogens with zero attached hydrogens (tertiary/aromatic N) is 2. The van der Waals surface area contributed by atoms with Gasteiger partial charge in [0.15, 0.2) is 0 Å². The lowest BCUT2D eigenvalue weighted by atomic mass is 10.1. The number of amides is 2. The van der Waals surface area contributed by atoms with Gasteiger partial charge in [0.05, 0.1) is 6.10 Å². The van der Waals surface area contributed by atoms with Crippen molar-refractivity contribution >= 4 is 11.8 Å². The summed E-state index contributed by atoms with van der Waals surface area (Å²) in [5.74, 6) is -0.0110. The first-order chi connectivity index (χ1) is 12.0. The number of nitrogens with one attached hydrogen (secondary N) is 1. The summed E-state index contributed by atoms with van der Waals surface area (Å²) in [5, 5.41) is 12.8. The Morgan fingerprint density at radius 3 is 2.36 bits per heavy atom. The van der Waals surface area contributed by atoms with Crippen molar-refractivity contribution in [2.75, 3.05) is 26.2 Å². The zero-order valence-corrected chi connectivity index (χ0v) is 14.8. The minimum Gasteiger partial charge on any atom is -0.391 e. The largest absolute Gasteiger partial charge is 0.391 e. The number of aliphatic hydroxyl groups excluding tert-OH is 1. The van der Waals surface area contributed by atoms with E-state index in [1.54, 1.807) is 0 Å². The van der Waals surface area contributed by atoms with E-state index in [0.717, 1.165) is 37.9 Å². The Morgan fingerprint density at radius 1 is 1.12 bits per heavy atom. The van der Waals surface area contributed by atoms with Crippen molar-refractivity contribution < 1.29 is 14.7 Å². The maximum atomic E-state index is 12.7. The third kappa shape index (κ3) is 4.38. The van der Waals surface area contributed by atoms with Crippen LogP contribution in [0.3, 0.4) is 0 Å². The number of rotatable bonds is 4. The molecule has 2 N–H and O–H groups in total. The first-order valence-corrected chi connectivity index (χ1v) is 9.09. The predicted molar refractivity (Wildman–Crippen MR) is 95.1 cm³/mol. The summed E-state index contributed by atoms with van der Waals surface area (Å²) in [5.41, 5.74) is 1.66. The van der Waals surface area contributed by atoms with Crippen LogP contribution in [0.2, 0.25) is 0 Å². The number of hydrogen-bond acceptors (Lipinski definition) is 4. The molecule has 2 amide bonds. The van der Waals surface area contributed by atoms with Gasteiger partial charge in [0.1, 0.15) is 0 Å². The lowest BCUT2D eigenvalue weighted by molar-refractivity contribution is -0.119. The summed E-state index contributed by atoms with van der Waals surface area (Å²) in [4.78, 5) is 27.8. The molecule has 0 radical (unpaired) electrons. The van der Waals surface area contributed by atoms with Gasteiger partial charge in [-0.1, -0.05) is 12.1 Å². The maximum absolute atomic E-state index is 12.7. The number of aliphatic hydroxyl groups is 1. The fraction of sp³-hybridized carbons (Fsp3) is 0.579. The molecule has 0 unspecified atom stereocenters. The van der Waals surface area contributed by atoms with Gasteiger partial charge in [-0.15, -0.1) is 0 Å². The molecule has 0 aromatic heterocycles. The molecular weight excluding hydrogens is 318 g/mol. The highest BCUT2D eigenvalue weighted by Gasteiger charge is 2.33. The van der Waals surface area contributed by atoms with Crippen LogP contribution in [0.5, 0.6) is 0 Å². The number of piperazine rings is 1. The number of carbonyl (C=O) groups is 2. The standard InChI is InChI=1S/C19H27N3O3/c1-14(23)20-13-15-5-7-16(8-6-15)19(25)22-11-9-21(10-12-22)17-3-2-4-18(17)24/h5-8,17-18,24H,2-4,9-13H2,1H3,(H,20,23)/t17-,18+/m0/s1. The molecule has 0 spiro atoms. The summed E-state index contributed by atoms with van der Waals surface area (Å²) in [6.45, 7) is 5.03. The van der Waals surface area contributed by atoms with E-state index in [4.69, 9.17) is 0 Å². The Bertz CT molecular complexity index is 609. The number of hydrogen-bond donors (Lipinski definition) is 2. The number of benzene rings is 1. The maximum Gasteiger partial charge on any atom is 0.253 e. The van der Waals surface area contributed by atoms with E-state index in [1.807, 2.05) is 29.2 Å². The third-order valence-electron chi connectivity index (χ3n) is 5.26. The fourth-order valence-electron chi connectivity index (χ4n) is 3.78. The Hall–Kier alpha value is -1.92. The molecule has 6 heteroatoms. The molecule has 2 aliphatic rings. The van der Waals surface area contributed by atoms with Crippen LogP contribution in [0.25, 0.3) is 0 Å². The van der Waals surface area contributed by atoms with Gasteiger partial charge >= 0.3 is 0 Å². The van der Waals surface area contributed by atoms with Crippen LogP contribution < -0.4 is 5.32 Å². The minimum atomic E-state index is -0.210. The SMILES string of the molecule is CC(=O)NCc1ccc(C(=O)N2CCN([C@H]3CCC[C@H]3O)CC2)cc1. The average molecular weight is 345 g/mol. The van der Waals surface area contributed by atoms with Crippen molar-refractivity contribution in [1.29, 1.82) is 0 Å². The Balaban J connectivity index is 1.52. The van der Waals surface area contributed by atoms with Crippen LogP contribution in [-0.4, -0.2) is 65.0 Å². The quantitative estimate of drug-likeness (QED) is 0.854. The average Bonchev–Trinajstić information content (AvgIpc) is 3.06. The molecule has 2 atom stereocenters. The van der Waals surface area contributed by atoms with Gasteiger partial charge < -0.3 is 15.3 Å². The first kappa shape index (κ1) is 17.9. The van der Waals surface area contributed by atoms with Crippen LogP contribution in [0, 0.1) is 0 Å². The van der Waals surface area contributed by atoms with Crippen LogP contribution in [0.1, 0.15) is 42.1 Å². The van der Waals surface area contributed by atoms with Gasteiger partial charge in [0, 0.05) is 51.3 Å². The molecule has 6 nitrogen and oxygen atoms in total. The van der Waals surface area contributed by atoms with Crippen molar-refractivity contribution in [3.8, 4) is 0 Å². The Morgan fingerprint density at radius 2 is 1.80 bits per heavy atom. The van der Waals surface area contributed by atoms with Crippen molar-refractivity contribution in [2.45, 2.75) is 44.9 Å². The van der Waals surface area contributed by atoms with Crippen molar-refractivity contribution in [3.05, 3.63) is 35.4 Å². The van der Waals surface area contributed by atoms with Gasteiger partial charge in [-0.3, -0.25) is 14.5 Å². The van der Waals surface area contributed by atoms with Gasteiger partial charge in [0.2, 0.25) is 5.91 Å².